The third-order valence-corrected chi connectivity index (χ3v) is 5.74. The minimum Gasteiger partial charge on any atom is -0.310 e. The van der Waals surface area contributed by atoms with E-state index in [9.17, 15) is 9.59 Å². The maximum absolute atomic E-state index is 13.1. The number of hydrogen-bond acceptors (Lipinski definition) is 3. The largest absolute Gasteiger partial charge is 0.310 e. The molecule has 0 atom stereocenters. The molecule has 1 amide bonds. The number of hydrogen-bond donors (Lipinski definition) is 1. The number of rotatable bonds is 4. The summed E-state index contributed by atoms with van der Waals surface area (Å²) >= 11 is 16.0. The molecule has 0 aliphatic heterocycles. The van der Waals surface area contributed by atoms with Crippen LogP contribution in [0.5, 0.6) is 0 Å². The SMILES string of the molecule is O=C(Nc1nccc2c1ccn2C(=O)c1c(Cl)cc(CBr)cc1Cl)C1CC1. The zero-order valence-corrected chi connectivity index (χ0v) is 17.1. The summed E-state index contributed by atoms with van der Waals surface area (Å²) in [5.74, 6) is 0.136. The molecule has 0 unspecified atom stereocenters. The van der Waals surface area contributed by atoms with Gasteiger partial charge in [0.2, 0.25) is 5.91 Å². The summed E-state index contributed by atoms with van der Waals surface area (Å²) in [6, 6.07) is 6.89. The van der Waals surface area contributed by atoms with Gasteiger partial charge in [0, 0.05) is 29.0 Å². The normalized spacial score (nSPS) is 13.7. The number of nitrogens with one attached hydrogen (secondary N) is 1. The first-order chi connectivity index (χ1) is 13.0. The van der Waals surface area contributed by atoms with Gasteiger partial charge < -0.3 is 5.32 Å². The number of carbonyl (C=O) groups is 2. The van der Waals surface area contributed by atoms with Gasteiger partial charge in [-0.05, 0) is 42.7 Å². The zero-order chi connectivity index (χ0) is 19.1. The van der Waals surface area contributed by atoms with E-state index in [-0.39, 0.29) is 23.3 Å². The summed E-state index contributed by atoms with van der Waals surface area (Å²) in [5.41, 5.74) is 1.74. The van der Waals surface area contributed by atoms with Crippen molar-refractivity contribution in [2.45, 2.75) is 18.2 Å². The number of nitrogens with zero attached hydrogens (tertiary/aromatic N) is 2. The Labute approximate surface area is 173 Å². The van der Waals surface area contributed by atoms with Crippen molar-refractivity contribution in [3.8, 4) is 0 Å². The van der Waals surface area contributed by atoms with Crippen molar-refractivity contribution in [3.05, 3.63) is 57.8 Å². The highest BCUT2D eigenvalue weighted by molar-refractivity contribution is 9.08. The topological polar surface area (TPSA) is 64.0 Å². The van der Waals surface area contributed by atoms with Gasteiger partial charge in [-0.1, -0.05) is 39.1 Å². The number of alkyl halides is 1. The molecule has 8 heteroatoms. The quantitative estimate of drug-likeness (QED) is 0.532. The highest BCUT2D eigenvalue weighted by atomic mass is 79.9. The molecule has 3 aromatic rings. The van der Waals surface area contributed by atoms with Gasteiger partial charge in [0.15, 0.2) is 0 Å². The first kappa shape index (κ1) is 18.5. The van der Waals surface area contributed by atoms with Crippen LogP contribution in [0.25, 0.3) is 10.9 Å². The lowest BCUT2D eigenvalue weighted by atomic mass is 10.1. The van der Waals surface area contributed by atoms with Crippen molar-refractivity contribution in [2.75, 3.05) is 5.32 Å². The molecule has 1 N–H and O–H groups in total. The van der Waals surface area contributed by atoms with Crippen molar-refractivity contribution in [3.63, 3.8) is 0 Å². The zero-order valence-electron chi connectivity index (χ0n) is 14.0. The number of aromatic nitrogens is 2. The molecule has 2 heterocycles. The average molecular weight is 467 g/mol. The van der Waals surface area contributed by atoms with Crippen molar-refractivity contribution in [1.82, 2.24) is 9.55 Å². The molecular weight excluding hydrogens is 453 g/mol. The second kappa shape index (κ2) is 7.26. The van der Waals surface area contributed by atoms with Gasteiger partial charge in [-0.15, -0.1) is 0 Å². The lowest BCUT2D eigenvalue weighted by molar-refractivity contribution is -0.117. The van der Waals surface area contributed by atoms with Crippen LogP contribution in [0, 0.1) is 5.92 Å². The van der Waals surface area contributed by atoms with Crippen LogP contribution in [0.4, 0.5) is 5.82 Å². The van der Waals surface area contributed by atoms with Crippen molar-refractivity contribution >= 4 is 67.7 Å². The van der Waals surface area contributed by atoms with Gasteiger partial charge >= 0.3 is 0 Å². The van der Waals surface area contributed by atoms with Gasteiger partial charge in [-0.2, -0.15) is 0 Å². The van der Waals surface area contributed by atoms with E-state index >= 15 is 0 Å². The van der Waals surface area contributed by atoms with Gasteiger partial charge in [0.05, 0.1) is 21.1 Å². The summed E-state index contributed by atoms with van der Waals surface area (Å²) < 4.78 is 1.46. The Hall–Kier alpha value is -1.89. The van der Waals surface area contributed by atoms with Crippen LogP contribution in [-0.2, 0) is 10.1 Å². The minimum absolute atomic E-state index is 0.0365. The second-order valence-corrected chi connectivity index (χ2v) is 7.79. The predicted octanol–water partition coefficient (Wildman–Crippen LogP) is 5.28. The number of halogens is 3. The predicted molar refractivity (Wildman–Crippen MR) is 110 cm³/mol. The molecule has 1 fully saturated rings. The van der Waals surface area contributed by atoms with Crippen molar-refractivity contribution in [1.29, 1.82) is 0 Å². The lowest BCUT2D eigenvalue weighted by Gasteiger charge is -2.10. The molecule has 1 aromatic carbocycles. The summed E-state index contributed by atoms with van der Waals surface area (Å²) in [4.78, 5) is 29.4. The monoisotopic (exact) mass is 465 g/mol. The molecular formula is C19H14BrCl2N3O2. The van der Waals surface area contributed by atoms with Crippen LogP contribution in [0.1, 0.15) is 28.8 Å². The van der Waals surface area contributed by atoms with Gasteiger partial charge in [0.1, 0.15) is 5.82 Å². The van der Waals surface area contributed by atoms with Crippen LogP contribution in [0.2, 0.25) is 10.0 Å². The standard InChI is InChI=1S/C19H14BrCl2N3O2/c20-9-10-7-13(21)16(14(22)8-10)19(27)25-6-4-12-15(25)3-5-23-17(12)24-18(26)11-1-2-11/h3-8,11H,1-2,9H2,(H,23,24,26). The fourth-order valence-electron chi connectivity index (χ4n) is 2.94. The average Bonchev–Trinajstić information content (AvgIpc) is 3.40. The maximum Gasteiger partial charge on any atom is 0.265 e. The van der Waals surface area contributed by atoms with Gasteiger partial charge in [-0.3, -0.25) is 14.2 Å². The fraction of sp³-hybridized carbons (Fsp3) is 0.211. The van der Waals surface area contributed by atoms with E-state index in [4.69, 9.17) is 23.2 Å². The third kappa shape index (κ3) is 3.49. The van der Waals surface area contributed by atoms with Crippen LogP contribution >= 0.6 is 39.1 Å². The summed E-state index contributed by atoms with van der Waals surface area (Å²) in [7, 11) is 0. The van der Waals surface area contributed by atoms with E-state index in [0.29, 0.717) is 32.1 Å². The van der Waals surface area contributed by atoms with E-state index in [1.165, 1.54) is 4.57 Å². The van der Waals surface area contributed by atoms with E-state index in [1.54, 1.807) is 36.7 Å². The Bertz CT molecular complexity index is 1050. The van der Waals surface area contributed by atoms with Crippen molar-refractivity contribution < 1.29 is 9.59 Å². The van der Waals surface area contributed by atoms with E-state index in [1.807, 2.05) is 0 Å². The first-order valence-electron chi connectivity index (χ1n) is 8.35. The van der Waals surface area contributed by atoms with E-state index in [0.717, 1.165) is 18.4 Å². The highest BCUT2D eigenvalue weighted by Gasteiger charge is 2.30. The number of carbonyl (C=O) groups excluding carboxylic acids is 2. The number of pyridine rings is 1. The second-order valence-electron chi connectivity index (χ2n) is 6.41. The Morgan fingerprint density at radius 3 is 2.56 bits per heavy atom. The lowest BCUT2D eigenvalue weighted by Crippen LogP contribution is -2.15. The van der Waals surface area contributed by atoms with Crippen LogP contribution in [-0.4, -0.2) is 21.4 Å². The Kier molecular flexibility index (Phi) is 4.97. The number of amides is 1. The van der Waals surface area contributed by atoms with Crippen LogP contribution in [0.15, 0.2) is 36.7 Å². The molecule has 1 saturated carbocycles. The van der Waals surface area contributed by atoms with Crippen LogP contribution in [0.3, 0.4) is 0 Å². The minimum atomic E-state index is -0.341. The van der Waals surface area contributed by atoms with Crippen molar-refractivity contribution in [2.24, 2.45) is 5.92 Å². The Morgan fingerprint density at radius 1 is 1.22 bits per heavy atom. The molecule has 0 saturated heterocycles. The van der Waals surface area contributed by atoms with Gasteiger partial charge in [-0.25, -0.2) is 4.98 Å². The summed E-state index contributed by atoms with van der Waals surface area (Å²) in [6.45, 7) is 0. The van der Waals surface area contributed by atoms with Gasteiger partial charge in [0.25, 0.3) is 5.91 Å². The molecule has 0 radical (unpaired) electrons. The Balaban J connectivity index is 1.74. The summed E-state index contributed by atoms with van der Waals surface area (Å²) in [6.07, 6.45) is 5.00. The summed E-state index contributed by atoms with van der Waals surface area (Å²) in [5, 5.41) is 4.70. The molecule has 1 aliphatic rings. The highest BCUT2D eigenvalue weighted by Crippen LogP contribution is 2.33. The molecule has 0 spiro atoms. The van der Waals surface area contributed by atoms with Crippen LogP contribution < -0.4 is 5.32 Å². The maximum atomic E-state index is 13.1. The third-order valence-electron chi connectivity index (χ3n) is 4.50. The molecule has 27 heavy (non-hydrogen) atoms. The van der Waals surface area contributed by atoms with E-state index < -0.39 is 0 Å². The Morgan fingerprint density at radius 2 is 1.93 bits per heavy atom. The van der Waals surface area contributed by atoms with E-state index in [2.05, 4.69) is 26.2 Å². The number of benzene rings is 1. The molecule has 138 valence electrons. The smallest absolute Gasteiger partial charge is 0.265 e. The molecule has 0 bridgehead atoms. The number of anilines is 1. The fourth-order valence-corrected chi connectivity index (χ4v) is 3.95. The number of fused-ring (bicyclic) bond motifs is 1. The molecule has 4 rings (SSSR count). The molecule has 1 aliphatic carbocycles. The molecule has 5 nitrogen and oxygen atoms in total. The molecule has 2 aromatic heterocycles. The first-order valence-corrected chi connectivity index (χ1v) is 10.2.